The fraction of sp³-hybridized carbons (Fsp3) is 0.250. The number of rotatable bonds is 9. The highest BCUT2D eigenvalue weighted by molar-refractivity contribution is 7.90. The second kappa shape index (κ2) is 10.6. The Kier molecular flexibility index (Phi) is 7.47. The van der Waals surface area contributed by atoms with Gasteiger partial charge in [0, 0.05) is 23.2 Å². The van der Waals surface area contributed by atoms with E-state index in [2.05, 4.69) is 0 Å². The lowest BCUT2D eigenvalue weighted by Gasteiger charge is -2.29. The van der Waals surface area contributed by atoms with E-state index in [1.54, 1.807) is 77.7 Å². The van der Waals surface area contributed by atoms with Gasteiger partial charge in [0.2, 0.25) is 0 Å². The van der Waals surface area contributed by atoms with Crippen LogP contribution in [0.1, 0.15) is 29.8 Å². The van der Waals surface area contributed by atoms with Gasteiger partial charge in [-0.05, 0) is 63.2 Å². The third-order valence-corrected chi connectivity index (χ3v) is 7.68. The Bertz CT molecular complexity index is 1440. The smallest absolute Gasteiger partial charge is 0.268 e. The maximum atomic E-state index is 13.2. The summed E-state index contributed by atoms with van der Waals surface area (Å²) in [4.78, 5) is 14.7. The van der Waals surface area contributed by atoms with E-state index in [4.69, 9.17) is 4.74 Å². The lowest BCUT2D eigenvalue weighted by atomic mass is 10.1. The molecule has 0 radical (unpaired) electrons. The van der Waals surface area contributed by atoms with Crippen LogP contribution in [0.15, 0.2) is 90.0 Å². The topological polar surface area (TPSA) is 88.8 Å². The zero-order chi connectivity index (χ0) is 25.9. The van der Waals surface area contributed by atoms with Gasteiger partial charge in [-0.15, -0.1) is 0 Å². The van der Waals surface area contributed by atoms with E-state index in [-0.39, 0.29) is 30.0 Å². The normalized spacial score (nSPS) is 12.6. The molecule has 0 aliphatic heterocycles. The molecule has 1 amide bonds. The van der Waals surface area contributed by atoms with Crippen molar-refractivity contribution < 1.29 is 23.1 Å². The highest BCUT2D eigenvalue weighted by Crippen LogP contribution is 2.29. The summed E-state index contributed by atoms with van der Waals surface area (Å²) in [5.74, 6) is 0.292. The minimum Gasteiger partial charge on any atom is -0.490 e. The van der Waals surface area contributed by atoms with Crippen LogP contribution in [-0.2, 0) is 10.0 Å². The molecule has 36 heavy (non-hydrogen) atoms. The maximum Gasteiger partial charge on any atom is 0.268 e. The Labute approximate surface area is 211 Å². The molecule has 0 aliphatic carbocycles. The molecule has 4 rings (SSSR count). The molecule has 1 atom stereocenters. The van der Waals surface area contributed by atoms with E-state index in [1.165, 1.54) is 10.2 Å². The van der Waals surface area contributed by atoms with Crippen molar-refractivity contribution in [1.82, 2.24) is 8.87 Å². The second-order valence-electron chi connectivity index (χ2n) is 9.00. The Morgan fingerprint density at radius 1 is 0.972 bits per heavy atom. The molecule has 0 aliphatic rings. The van der Waals surface area contributed by atoms with Crippen LogP contribution in [0.2, 0.25) is 0 Å². The lowest BCUT2D eigenvalue weighted by molar-refractivity contribution is 0.0429. The molecular formula is C28H30N2O5S. The van der Waals surface area contributed by atoms with Gasteiger partial charge in [0.1, 0.15) is 18.5 Å². The molecule has 0 bridgehead atoms. The Hall–Kier alpha value is -3.62. The van der Waals surface area contributed by atoms with Gasteiger partial charge in [0.05, 0.1) is 17.0 Å². The van der Waals surface area contributed by atoms with Gasteiger partial charge in [-0.25, -0.2) is 12.4 Å². The van der Waals surface area contributed by atoms with Gasteiger partial charge >= 0.3 is 0 Å². The van der Waals surface area contributed by atoms with Crippen molar-refractivity contribution in [3.05, 3.63) is 96.2 Å². The zero-order valence-corrected chi connectivity index (χ0v) is 21.4. The fourth-order valence-corrected chi connectivity index (χ4v) is 5.36. The predicted molar refractivity (Wildman–Crippen MR) is 140 cm³/mol. The van der Waals surface area contributed by atoms with E-state index in [0.717, 1.165) is 5.56 Å². The number of aliphatic hydroxyl groups is 1. The van der Waals surface area contributed by atoms with E-state index in [9.17, 15) is 18.3 Å². The average Bonchev–Trinajstić information content (AvgIpc) is 3.32. The summed E-state index contributed by atoms with van der Waals surface area (Å²) in [6, 6.07) is 22.4. The van der Waals surface area contributed by atoms with E-state index >= 15 is 0 Å². The molecule has 8 heteroatoms. The molecule has 0 fully saturated rings. The number of fused-ring (bicyclic) bond motifs is 1. The predicted octanol–water partition coefficient (Wildman–Crippen LogP) is 4.48. The van der Waals surface area contributed by atoms with Crippen molar-refractivity contribution in [3.8, 4) is 5.75 Å². The second-order valence-corrected chi connectivity index (χ2v) is 10.8. The van der Waals surface area contributed by atoms with Crippen LogP contribution >= 0.6 is 0 Å². The SMILES string of the molecule is Cc1ccc(S(=O)(=O)n2ccc3c(OCC(O)CN(C(=O)c4ccccc4)C(C)C)cccc32)cc1. The van der Waals surface area contributed by atoms with Crippen molar-refractivity contribution in [1.29, 1.82) is 0 Å². The number of aromatic nitrogens is 1. The third kappa shape index (κ3) is 5.29. The zero-order valence-electron chi connectivity index (χ0n) is 20.5. The first-order valence-corrected chi connectivity index (χ1v) is 13.2. The van der Waals surface area contributed by atoms with Crippen molar-refractivity contribution in [2.24, 2.45) is 0 Å². The van der Waals surface area contributed by atoms with Crippen molar-refractivity contribution >= 4 is 26.8 Å². The molecule has 1 N–H and O–H groups in total. The Balaban J connectivity index is 1.50. The van der Waals surface area contributed by atoms with Crippen molar-refractivity contribution in [2.75, 3.05) is 13.2 Å². The first-order chi connectivity index (χ1) is 17.2. The fourth-order valence-electron chi connectivity index (χ4n) is 4.01. The number of nitrogens with zero attached hydrogens (tertiary/aromatic N) is 2. The van der Waals surface area contributed by atoms with Crippen LogP contribution in [0, 0.1) is 6.92 Å². The maximum absolute atomic E-state index is 13.2. The largest absolute Gasteiger partial charge is 0.490 e. The van der Waals surface area contributed by atoms with Gasteiger partial charge < -0.3 is 14.7 Å². The van der Waals surface area contributed by atoms with Crippen LogP contribution in [-0.4, -0.2) is 53.6 Å². The molecule has 4 aromatic rings. The van der Waals surface area contributed by atoms with Gasteiger partial charge in [0.25, 0.3) is 15.9 Å². The highest BCUT2D eigenvalue weighted by Gasteiger charge is 2.23. The molecule has 0 spiro atoms. The molecule has 3 aromatic carbocycles. The number of carbonyl (C=O) groups is 1. The quantitative estimate of drug-likeness (QED) is 0.362. The summed E-state index contributed by atoms with van der Waals surface area (Å²) < 4.78 is 33.5. The number of amides is 1. The standard InChI is InChI=1S/C28H30N2O5S/c1-20(2)29(28(32)22-8-5-4-6-9-22)18-23(31)19-35-27-11-7-10-26-25(27)16-17-30(26)36(33,34)24-14-12-21(3)13-15-24/h4-17,20,23,31H,18-19H2,1-3H3. The number of benzene rings is 3. The number of aryl methyl sites for hydroxylation is 1. The van der Waals surface area contributed by atoms with Gasteiger partial charge in [-0.3, -0.25) is 4.79 Å². The first-order valence-electron chi connectivity index (χ1n) is 11.8. The molecule has 7 nitrogen and oxygen atoms in total. The molecule has 1 aromatic heterocycles. The summed E-state index contributed by atoms with van der Waals surface area (Å²) in [5, 5.41) is 11.3. The Morgan fingerprint density at radius 3 is 2.33 bits per heavy atom. The summed E-state index contributed by atoms with van der Waals surface area (Å²) in [5.41, 5.74) is 2.01. The van der Waals surface area contributed by atoms with Gasteiger partial charge in [-0.2, -0.15) is 0 Å². The molecule has 188 valence electrons. The van der Waals surface area contributed by atoms with E-state index in [1.807, 2.05) is 26.8 Å². The van der Waals surface area contributed by atoms with Crippen molar-refractivity contribution in [3.63, 3.8) is 0 Å². The van der Waals surface area contributed by atoms with Crippen LogP contribution in [0.3, 0.4) is 0 Å². The summed E-state index contributed by atoms with van der Waals surface area (Å²) >= 11 is 0. The number of hydrogen-bond acceptors (Lipinski definition) is 5. The lowest BCUT2D eigenvalue weighted by Crippen LogP contribution is -2.43. The van der Waals surface area contributed by atoms with E-state index < -0.39 is 16.1 Å². The molecule has 0 saturated carbocycles. The monoisotopic (exact) mass is 506 g/mol. The number of hydrogen-bond donors (Lipinski definition) is 1. The van der Waals surface area contributed by atoms with Gasteiger partial charge in [0.15, 0.2) is 0 Å². The van der Waals surface area contributed by atoms with Crippen molar-refractivity contribution in [2.45, 2.75) is 37.8 Å². The number of aliphatic hydroxyl groups excluding tert-OH is 1. The summed E-state index contributed by atoms with van der Waals surface area (Å²) in [7, 11) is -3.78. The highest BCUT2D eigenvalue weighted by atomic mass is 32.2. The molecular weight excluding hydrogens is 476 g/mol. The van der Waals surface area contributed by atoms with Crippen LogP contribution in [0.5, 0.6) is 5.75 Å². The third-order valence-electron chi connectivity index (χ3n) is 5.98. The van der Waals surface area contributed by atoms with E-state index in [0.29, 0.717) is 22.2 Å². The molecule has 0 saturated heterocycles. The average molecular weight is 507 g/mol. The van der Waals surface area contributed by atoms with Gasteiger partial charge in [-0.1, -0.05) is 42.0 Å². The molecule has 1 unspecified atom stereocenters. The minimum absolute atomic E-state index is 0.0553. The number of carbonyl (C=O) groups excluding carboxylic acids is 1. The molecule has 1 heterocycles. The minimum atomic E-state index is -3.78. The first kappa shape index (κ1) is 25.5. The van der Waals surface area contributed by atoms with Crippen LogP contribution < -0.4 is 4.74 Å². The summed E-state index contributed by atoms with van der Waals surface area (Å²) in [6.45, 7) is 5.74. The summed E-state index contributed by atoms with van der Waals surface area (Å²) in [6.07, 6.45) is 0.566. The van der Waals surface area contributed by atoms with Crippen LogP contribution in [0.4, 0.5) is 0 Å². The van der Waals surface area contributed by atoms with Crippen LogP contribution in [0.25, 0.3) is 10.9 Å². The number of ether oxygens (including phenoxy) is 1. The Morgan fingerprint density at radius 2 is 1.67 bits per heavy atom.